The number of carbonyl (C=O) groups excluding carboxylic acids is 1. The van der Waals surface area contributed by atoms with E-state index >= 15 is 0 Å². The van der Waals surface area contributed by atoms with E-state index in [-0.39, 0.29) is 11.5 Å². The number of rotatable bonds is 2. The van der Waals surface area contributed by atoms with Crippen LogP contribution < -0.4 is 0 Å². The lowest BCUT2D eigenvalue weighted by Crippen LogP contribution is -1.98. The van der Waals surface area contributed by atoms with E-state index in [1.807, 2.05) is 0 Å². The monoisotopic (exact) mass is 194 g/mol. The highest BCUT2D eigenvalue weighted by atomic mass is 32.1. The lowest BCUT2D eigenvalue weighted by Gasteiger charge is -1.95. The molecule has 2 heterocycles. The largest absolute Gasteiger partial charge is 0.342 e. The molecule has 2 aromatic rings. The number of fused-ring (bicyclic) bond motifs is 1. The smallest absolute Gasteiger partial charge is 0.191 e. The number of hydrogen-bond donors (Lipinski definition) is 2. The van der Waals surface area contributed by atoms with Crippen LogP contribution in [0, 0.1) is 0 Å². The van der Waals surface area contributed by atoms with E-state index in [0.29, 0.717) is 16.9 Å². The normalized spacial score (nSPS) is 10.5. The number of nitrogens with zero attached hydrogens (tertiary/aromatic N) is 3. The van der Waals surface area contributed by atoms with Gasteiger partial charge in [0.1, 0.15) is 11.8 Å². The molecular formula is C7H6N4OS. The molecule has 0 fully saturated rings. The Morgan fingerprint density at radius 1 is 1.46 bits per heavy atom. The number of aromatic nitrogens is 4. The van der Waals surface area contributed by atoms with E-state index in [1.165, 1.54) is 12.7 Å². The van der Waals surface area contributed by atoms with Crippen LogP contribution in [-0.2, 0) is 11.2 Å². The average molecular weight is 194 g/mol. The van der Waals surface area contributed by atoms with Crippen molar-refractivity contribution >= 4 is 28.9 Å². The van der Waals surface area contributed by atoms with E-state index in [0.717, 1.165) is 0 Å². The van der Waals surface area contributed by atoms with Crippen LogP contribution in [0.3, 0.4) is 0 Å². The van der Waals surface area contributed by atoms with Gasteiger partial charge in [-0.15, -0.1) is 12.6 Å². The topological polar surface area (TPSA) is 71.5 Å². The van der Waals surface area contributed by atoms with E-state index in [2.05, 4.69) is 32.6 Å². The molecule has 0 radical (unpaired) electrons. The van der Waals surface area contributed by atoms with Crippen molar-refractivity contribution in [3.05, 3.63) is 18.3 Å². The zero-order chi connectivity index (χ0) is 9.26. The predicted octanol–water partition coefficient (Wildman–Crippen LogP) is 0.352. The fraction of sp³-hybridized carbons (Fsp3) is 0.143. The van der Waals surface area contributed by atoms with Gasteiger partial charge in [0.15, 0.2) is 10.8 Å². The van der Waals surface area contributed by atoms with E-state index in [9.17, 15) is 4.79 Å². The Morgan fingerprint density at radius 2 is 2.31 bits per heavy atom. The van der Waals surface area contributed by atoms with E-state index in [4.69, 9.17) is 0 Å². The molecule has 0 saturated carbocycles. The quantitative estimate of drug-likeness (QED) is 0.677. The van der Waals surface area contributed by atoms with Gasteiger partial charge in [0.25, 0.3) is 0 Å². The molecule has 2 aromatic heterocycles. The summed E-state index contributed by atoms with van der Waals surface area (Å²) in [5.74, 6) is 0. The lowest BCUT2D eigenvalue weighted by molar-refractivity contribution is -0.110. The van der Waals surface area contributed by atoms with Crippen LogP contribution >= 0.6 is 12.6 Å². The van der Waals surface area contributed by atoms with Crippen molar-refractivity contribution < 1.29 is 4.79 Å². The van der Waals surface area contributed by atoms with Gasteiger partial charge in [-0.25, -0.2) is 15.0 Å². The zero-order valence-electron chi connectivity index (χ0n) is 6.56. The molecule has 0 amide bonds. The Morgan fingerprint density at radius 3 is 3.08 bits per heavy atom. The van der Waals surface area contributed by atoms with Crippen molar-refractivity contribution in [2.75, 3.05) is 0 Å². The van der Waals surface area contributed by atoms with Crippen LogP contribution in [0.1, 0.15) is 5.69 Å². The van der Waals surface area contributed by atoms with Crippen molar-refractivity contribution in [1.29, 1.82) is 0 Å². The number of carbonyl (C=O) groups is 1. The minimum atomic E-state index is -0.227. The first kappa shape index (κ1) is 8.18. The second kappa shape index (κ2) is 3.14. The van der Waals surface area contributed by atoms with Gasteiger partial charge in [-0.3, -0.25) is 4.79 Å². The Labute approximate surface area is 79.0 Å². The Hall–Kier alpha value is -1.43. The van der Waals surface area contributed by atoms with Crippen molar-refractivity contribution in [3.8, 4) is 0 Å². The highest BCUT2D eigenvalue weighted by molar-refractivity contribution is 7.96. The minimum absolute atomic E-state index is 0.185. The van der Waals surface area contributed by atoms with Gasteiger partial charge in [-0.1, -0.05) is 0 Å². The predicted molar refractivity (Wildman–Crippen MR) is 49.4 cm³/mol. The van der Waals surface area contributed by atoms with Crippen molar-refractivity contribution in [1.82, 2.24) is 19.9 Å². The maximum Gasteiger partial charge on any atom is 0.191 e. The summed E-state index contributed by atoms with van der Waals surface area (Å²) < 4.78 is 0. The number of nitrogens with one attached hydrogen (secondary N) is 1. The molecule has 0 unspecified atom stereocenters. The molecule has 2 rings (SSSR count). The first-order valence-corrected chi connectivity index (χ1v) is 4.07. The van der Waals surface area contributed by atoms with Crippen LogP contribution in [-0.4, -0.2) is 25.1 Å². The number of H-pyrrole nitrogens is 1. The molecule has 66 valence electrons. The molecule has 0 aliphatic carbocycles. The highest BCUT2D eigenvalue weighted by Crippen LogP contribution is 2.10. The molecule has 0 atom stereocenters. The third kappa shape index (κ3) is 1.52. The third-order valence-corrected chi connectivity index (χ3v) is 1.78. The zero-order valence-corrected chi connectivity index (χ0v) is 7.45. The first-order chi connectivity index (χ1) is 6.27. The number of hydrogen-bond acceptors (Lipinski definition) is 4. The molecule has 0 aromatic carbocycles. The molecule has 0 spiro atoms. The van der Waals surface area contributed by atoms with Gasteiger partial charge in [0.2, 0.25) is 0 Å². The summed E-state index contributed by atoms with van der Waals surface area (Å²) >= 11 is 3.68. The summed E-state index contributed by atoms with van der Waals surface area (Å²) in [7, 11) is 0. The summed E-state index contributed by atoms with van der Waals surface area (Å²) in [6.45, 7) is 0. The van der Waals surface area contributed by atoms with Gasteiger partial charge in [0, 0.05) is 0 Å². The molecule has 6 heteroatoms. The van der Waals surface area contributed by atoms with Crippen LogP contribution in [0.4, 0.5) is 0 Å². The number of thiol groups is 1. The highest BCUT2D eigenvalue weighted by Gasteiger charge is 2.07. The van der Waals surface area contributed by atoms with Crippen molar-refractivity contribution in [3.63, 3.8) is 0 Å². The second-order valence-electron chi connectivity index (χ2n) is 2.49. The van der Waals surface area contributed by atoms with Crippen LogP contribution in [0.2, 0.25) is 0 Å². The fourth-order valence-electron chi connectivity index (χ4n) is 1.09. The fourth-order valence-corrected chi connectivity index (χ4v) is 1.24. The number of aromatic amines is 1. The van der Waals surface area contributed by atoms with Gasteiger partial charge in [-0.05, 0) is 0 Å². The molecule has 5 nitrogen and oxygen atoms in total. The van der Waals surface area contributed by atoms with Gasteiger partial charge in [0.05, 0.1) is 18.4 Å². The minimum Gasteiger partial charge on any atom is -0.342 e. The Kier molecular flexibility index (Phi) is 1.97. The summed E-state index contributed by atoms with van der Waals surface area (Å²) in [5.41, 5.74) is 1.90. The molecule has 0 saturated heterocycles. The SMILES string of the molecule is O=C(S)Cc1ncnc2nc[nH]c12. The second-order valence-corrected chi connectivity index (χ2v) is 2.99. The Bertz CT molecular complexity index is 452. The third-order valence-electron chi connectivity index (χ3n) is 1.62. The molecule has 0 aliphatic rings. The molecule has 1 N–H and O–H groups in total. The summed E-state index contributed by atoms with van der Waals surface area (Å²) in [6.07, 6.45) is 3.09. The standard InChI is InChI=1S/C7H6N4OS/c12-5(13)1-4-6-7(10-2-8-4)11-3-9-6/h2-3H,1H2,(H,12,13)(H,8,9,10,11). The summed E-state index contributed by atoms with van der Waals surface area (Å²) in [4.78, 5) is 25.4. The van der Waals surface area contributed by atoms with Gasteiger partial charge in [-0.2, -0.15) is 0 Å². The Balaban J connectivity index is 2.54. The molecule has 0 bridgehead atoms. The van der Waals surface area contributed by atoms with Gasteiger partial charge < -0.3 is 4.98 Å². The van der Waals surface area contributed by atoms with E-state index < -0.39 is 0 Å². The maximum atomic E-state index is 10.7. The van der Waals surface area contributed by atoms with Gasteiger partial charge >= 0.3 is 0 Å². The molecule has 13 heavy (non-hydrogen) atoms. The summed E-state index contributed by atoms with van der Waals surface area (Å²) in [5, 5.41) is -0.227. The van der Waals surface area contributed by atoms with Crippen molar-refractivity contribution in [2.45, 2.75) is 6.42 Å². The van der Waals surface area contributed by atoms with E-state index in [1.54, 1.807) is 0 Å². The number of imidazole rings is 1. The maximum absolute atomic E-state index is 10.7. The lowest BCUT2D eigenvalue weighted by atomic mass is 10.3. The van der Waals surface area contributed by atoms with Crippen molar-refractivity contribution in [2.24, 2.45) is 0 Å². The average Bonchev–Trinajstić information content (AvgIpc) is 2.51. The van der Waals surface area contributed by atoms with Crippen LogP contribution in [0.25, 0.3) is 11.2 Å². The van der Waals surface area contributed by atoms with Crippen LogP contribution in [0.5, 0.6) is 0 Å². The molecular weight excluding hydrogens is 188 g/mol. The van der Waals surface area contributed by atoms with Crippen LogP contribution in [0.15, 0.2) is 12.7 Å². The first-order valence-electron chi connectivity index (χ1n) is 3.62. The summed E-state index contributed by atoms with van der Waals surface area (Å²) in [6, 6.07) is 0. The molecule has 0 aliphatic heterocycles.